The first-order valence-electron chi connectivity index (χ1n) is 19.4. The molecule has 1 amide bonds. The standard InChI is InChI=1S/C42H46Cl2N8O4/c1-49-36-15-19-50(17-13-26-8-10-28(11-9-26)42(55)56)25-35(36)48-40(49)41(54)52(44)31-5-2-4-29(21-31)33-6-3-7-34(37(33)43)47-39-38-30(12-16-45-39)20-27(22-46-38)23-51-18-14-32(53)24-51/h2-7,12,16,20-22,26,28,32,53H,8-11,13-15,17-19,23-25H2,1H3,(H,45,47)(H,55,56). The van der Waals surface area contributed by atoms with Gasteiger partial charge in [-0.05, 0) is 92.4 Å². The SMILES string of the molecule is Cn1c(C(=O)N(Cl)c2cccc(-c3cccc(Nc4nccc5cc(CN6CCC(O)C6)cnc45)c3Cl)c2)nc2c1CCN(CCC1CCC(C(=O)O)CC1)C2. The van der Waals surface area contributed by atoms with Gasteiger partial charge < -0.3 is 20.1 Å². The second-order valence-corrected chi connectivity index (χ2v) is 16.2. The molecular weight excluding hydrogens is 751 g/mol. The number of hydrogen-bond donors (Lipinski definition) is 3. The molecule has 5 heterocycles. The lowest BCUT2D eigenvalue weighted by Gasteiger charge is -2.30. The summed E-state index contributed by atoms with van der Waals surface area (Å²) in [6, 6.07) is 17.1. The molecule has 3 N–H and O–H groups in total. The van der Waals surface area contributed by atoms with Crippen molar-refractivity contribution in [2.75, 3.05) is 35.9 Å². The Bertz CT molecular complexity index is 2260. The number of aliphatic hydroxyl groups is 1. The van der Waals surface area contributed by atoms with E-state index in [0.717, 1.165) is 115 Å². The summed E-state index contributed by atoms with van der Waals surface area (Å²) >= 11 is 13.8. The van der Waals surface area contributed by atoms with Gasteiger partial charge in [-0.25, -0.2) is 14.4 Å². The van der Waals surface area contributed by atoms with Gasteiger partial charge in [0.1, 0.15) is 5.52 Å². The summed E-state index contributed by atoms with van der Waals surface area (Å²) in [6.07, 6.45) is 9.42. The molecule has 0 bridgehead atoms. The number of anilines is 3. The van der Waals surface area contributed by atoms with Crippen molar-refractivity contribution in [3.05, 3.63) is 94.8 Å². The Morgan fingerprint density at radius 2 is 1.82 bits per heavy atom. The smallest absolute Gasteiger partial charge is 0.308 e. The van der Waals surface area contributed by atoms with E-state index in [2.05, 4.69) is 26.2 Å². The average Bonchev–Trinajstić information content (AvgIpc) is 3.78. The zero-order valence-electron chi connectivity index (χ0n) is 31.4. The maximum absolute atomic E-state index is 13.9. The number of rotatable bonds is 11. The Labute approximate surface area is 336 Å². The average molecular weight is 798 g/mol. The summed E-state index contributed by atoms with van der Waals surface area (Å²) < 4.78 is 2.98. The third-order valence-electron chi connectivity index (χ3n) is 11.7. The molecule has 1 unspecified atom stereocenters. The highest BCUT2D eigenvalue weighted by molar-refractivity contribution is 6.39. The molecule has 5 aromatic rings. The van der Waals surface area contributed by atoms with Gasteiger partial charge >= 0.3 is 11.9 Å². The van der Waals surface area contributed by atoms with Crippen LogP contribution in [0.1, 0.15) is 66.1 Å². The molecule has 56 heavy (non-hydrogen) atoms. The molecule has 1 atom stereocenters. The number of carboxylic acids is 1. The largest absolute Gasteiger partial charge is 0.481 e. The van der Waals surface area contributed by atoms with Crippen LogP contribution in [0.5, 0.6) is 0 Å². The number of aliphatic hydroxyl groups excluding tert-OH is 1. The topological polar surface area (TPSA) is 140 Å². The maximum Gasteiger partial charge on any atom is 0.308 e. The first-order valence-corrected chi connectivity index (χ1v) is 20.1. The Morgan fingerprint density at radius 1 is 1.00 bits per heavy atom. The molecule has 292 valence electrons. The summed E-state index contributed by atoms with van der Waals surface area (Å²) in [4.78, 5) is 43.9. The maximum atomic E-state index is 13.9. The number of carbonyl (C=O) groups excluding carboxylic acids is 1. The number of β-amino-alcohol motifs (C(OH)–C–C–N with tert-alkyl or cyclic N) is 1. The molecule has 2 aromatic carbocycles. The lowest BCUT2D eigenvalue weighted by molar-refractivity contribution is -0.143. The van der Waals surface area contributed by atoms with Crippen LogP contribution in [0.15, 0.2) is 67.0 Å². The molecule has 8 rings (SSSR count). The fourth-order valence-corrected chi connectivity index (χ4v) is 8.97. The fourth-order valence-electron chi connectivity index (χ4n) is 8.50. The van der Waals surface area contributed by atoms with Crippen LogP contribution in [0.2, 0.25) is 5.02 Å². The molecule has 0 radical (unpaired) electrons. The number of carbonyl (C=O) groups is 2. The Hall–Kier alpha value is -4.59. The number of benzene rings is 2. The van der Waals surface area contributed by atoms with E-state index in [4.69, 9.17) is 33.3 Å². The fraction of sp³-hybridized carbons (Fsp3) is 0.405. The molecule has 0 spiro atoms. The van der Waals surface area contributed by atoms with E-state index in [1.54, 1.807) is 12.3 Å². The number of pyridine rings is 2. The molecule has 1 saturated carbocycles. The van der Waals surface area contributed by atoms with Gasteiger partial charge in [-0.1, -0.05) is 35.9 Å². The van der Waals surface area contributed by atoms with Gasteiger partial charge in [-0.3, -0.25) is 24.4 Å². The molecule has 1 saturated heterocycles. The van der Waals surface area contributed by atoms with Crippen LogP contribution in [-0.2, 0) is 31.4 Å². The normalized spacial score (nSPS) is 20.2. The summed E-state index contributed by atoms with van der Waals surface area (Å²) in [5, 5.41) is 24.1. The first-order chi connectivity index (χ1) is 27.1. The van der Waals surface area contributed by atoms with Crippen molar-refractivity contribution in [1.29, 1.82) is 0 Å². The highest BCUT2D eigenvalue weighted by atomic mass is 35.5. The Kier molecular flexibility index (Phi) is 11.3. The minimum atomic E-state index is -0.668. The van der Waals surface area contributed by atoms with Gasteiger partial charge in [0.15, 0.2) is 5.82 Å². The summed E-state index contributed by atoms with van der Waals surface area (Å²) in [5.41, 5.74) is 6.41. The van der Waals surface area contributed by atoms with Gasteiger partial charge in [-0.15, -0.1) is 0 Å². The van der Waals surface area contributed by atoms with Crippen LogP contribution in [0.3, 0.4) is 0 Å². The zero-order valence-corrected chi connectivity index (χ0v) is 32.9. The van der Waals surface area contributed by atoms with Crippen LogP contribution in [0, 0.1) is 11.8 Å². The molecule has 3 aromatic heterocycles. The molecule has 12 nitrogen and oxygen atoms in total. The van der Waals surface area contributed by atoms with Crippen molar-refractivity contribution in [2.24, 2.45) is 18.9 Å². The summed E-state index contributed by atoms with van der Waals surface area (Å²) in [5.74, 6) is 0.136. The lowest BCUT2D eigenvalue weighted by Crippen LogP contribution is -2.33. The Balaban J connectivity index is 0.940. The van der Waals surface area contributed by atoms with E-state index in [9.17, 15) is 19.8 Å². The molecule has 14 heteroatoms. The van der Waals surface area contributed by atoms with E-state index in [1.165, 1.54) is 0 Å². The van der Waals surface area contributed by atoms with Crippen LogP contribution >= 0.6 is 23.4 Å². The third-order valence-corrected chi connectivity index (χ3v) is 12.5. The summed E-state index contributed by atoms with van der Waals surface area (Å²) in [7, 11) is 1.87. The molecule has 2 fully saturated rings. The van der Waals surface area contributed by atoms with E-state index >= 15 is 0 Å². The number of hydrogen-bond acceptors (Lipinski definition) is 9. The van der Waals surface area contributed by atoms with Gasteiger partial charge in [-0.2, -0.15) is 0 Å². The van der Waals surface area contributed by atoms with Crippen molar-refractivity contribution in [1.82, 2.24) is 29.3 Å². The number of nitrogens with zero attached hydrogens (tertiary/aromatic N) is 7. The minimum absolute atomic E-state index is 0.196. The molecule has 2 aliphatic heterocycles. The highest BCUT2D eigenvalue weighted by Crippen LogP contribution is 2.38. The quantitative estimate of drug-likeness (QED) is 0.116. The number of amides is 1. The number of imidazole rings is 1. The third kappa shape index (κ3) is 8.12. The molecule has 1 aliphatic carbocycles. The number of aliphatic carboxylic acids is 1. The molecule has 3 aliphatic rings. The number of nitrogens with one attached hydrogen (secondary N) is 1. The van der Waals surface area contributed by atoms with Gasteiger partial charge in [0.25, 0.3) is 0 Å². The minimum Gasteiger partial charge on any atom is -0.481 e. The number of carboxylic acid groups (broad SMARTS) is 1. The first kappa shape index (κ1) is 38.3. The van der Waals surface area contributed by atoms with Gasteiger partial charge in [0.2, 0.25) is 5.82 Å². The van der Waals surface area contributed by atoms with Gasteiger partial charge in [0.05, 0.1) is 34.1 Å². The van der Waals surface area contributed by atoms with Crippen molar-refractivity contribution < 1.29 is 19.8 Å². The van der Waals surface area contributed by atoms with Crippen molar-refractivity contribution in [3.8, 4) is 11.1 Å². The van der Waals surface area contributed by atoms with E-state index in [1.807, 2.05) is 60.3 Å². The second kappa shape index (κ2) is 16.5. The number of likely N-dealkylation sites (tertiary alicyclic amines) is 1. The lowest BCUT2D eigenvalue weighted by atomic mass is 9.80. The van der Waals surface area contributed by atoms with Crippen LogP contribution in [0.4, 0.5) is 17.2 Å². The second-order valence-electron chi connectivity index (χ2n) is 15.4. The van der Waals surface area contributed by atoms with Gasteiger partial charge in [0, 0.05) is 87.0 Å². The number of halogens is 2. The van der Waals surface area contributed by atoms with Crippen molar-refractivity contribution in [3.63, 3.8) is 0 Å². The Morgan fingerprint density at radius 3 is 2.61 bits per heavy atom. The van der Waals surface area contributed by atoms with Crippen molar-refractivity contribution >= 4 is 63.3 Å². The predicted octanol–water partition coefficient (Wildman–Crippen LogP) is 7.43. The van der Waals surface area contributed by atoms with Crippen LogP contribution < -0.4 is 9.74 Å². The van der Waals surface area contributed by atoms with E-state index in [-0.39, 0.29) is 17.8 Å². The van der Waals surface area contributed by atoms with Crippen molar-refractivity contribution in [2.45, 2.75) is 64.1 Å². The predicted molar refractivity (Wildman–Crippen MR) is 218 cm³/mol. The molecular formula is C42H46Cl2N8O4. The highest BCUT2D eigenvalue weighted by Gasteiger charge is 2.30. The number of aromatic nitrogens is 4. The number of fused-ring (bicyclic) bond motifs is 2. The van der Waals surface area contributed by atoms with E-state index in [0.29, 0.717) is 41.2 Å². The van der Waals surface area contributed by atoms with E-state index < -0.39 is 11.9 Å². The zero-order chi connectivity index (χ0) is 38.9. The monoisotopic (exact) mass is 796 g/mol. The van der Waals surface area contributed by atoms with Crippen LogP contribution in [0.25, 0.3) is 22.0 Å². The van der Waals surface area contributed by atoms with Crippen LogP contribution in [-0.4, -0.2) is 83.7 Å². The summed E-state index contributed by atoms with van der Waals surface area (Å²) in [6.45, 7) is 4.74.